The molecule has 3 aliphatic rings. The Morgan fingerprint density at radius 3 is 2.76 bits per heavy atom. The number of ether oxygens (including phenoxy) is 1. The topological polar surface area (TPSA) is 138 Å². The molecule has 0 radical (unpaired) electrons. The van der Waals surface area contributed by atoms with E-state index in [1.54, 1.807) is 19.2 Å². The molecule has 1 saturated heterocycles. The molecule has 3 fully saturated rings. The molecule has 2 aromatic carbocycles. The van der Waals surface area contributed by atoms with Crippen LogP contribution in [0.2, 0.25) is 5.02 Å². The molecule has 13 heteroatoms. The summed E-state index contributed by atoms with van der Waals surface area (Å²) >= 11 is 6.34. The average Bonchev–Trinajstić information content (AvgIpc) is 3.51. The summed E-state index contributed by atoms with van der Waals surface area (Å²) in [5, 5.41) is 21.0. The van der Waals surface area contributed by atoms with Crippen LogP contribution in [0.25, 0.3) is 0 Å². The van der Waals surface area contributed by atoms with Crippen LogP contribution in [0.3, 0.4) is 0 Å². The summed E-state index contributed by atoms with van der Waals surface area (Å²) in [7, 11) is 1.63. The minimum atomic E-state index is -0.423. The van der Waals surface area contributed by atoms with Gasteiger partial charge >= 0.3 is 0 Å². The van der Waals surface area contributed by atoms with Gasteiger partial charge in [0.25, 0.3) is 5.69 Å². The molecule has 2 heterocycles. The van der Waals surface area contributed by atoms with E-state index in [1.807, 2.05) is 12.1 Å². The number of nitro benzene ring substituents is 1. The zero-order valence-electron chi connectivity index (χ0n) is 28.4. The number of methoxy groups -OCH3 is 1. The summed E-state index contributed by atoms with van der Waals surface area (Å²) in [4.78, 5) is 37.1. The fraction of sp³-hybridized carbons (Fsp3) is 0.528. The fourth-order valence-electron chi connectivity index (χ4n) is 7.91. The van der Waals surface area contributed by atoms with Gasteiger partial charge in [-0.25, -0.2) is 4.98 Å². The second-order valence-corrected chi connectivity index (χ2v) is 14.1. The lowest BCUT2D eigenvalue weighted by molar-refractivity contribution is -0.384. The summed E-state index contributed by atoms with van der Waals surface area (Å²) in [5.74, 6) is 4.55. The van der Waals surface area contributed by atoms with Crippen molar-refractivity contribution in [2.75, 3.05) is 61.9 Å². The van der Waals surface area contributed by atoms with Crippen molar-refractivity contribution in [3.8, 4) is 5.75 Å². The monoisotopic (exact) mass is 690 g/mol. The quantitative estimate of drug-likeness (QED) is 0.0977. The first-order valence-electron chi connectivity index (χ1n) is 17.4. The normalized spacial score (nSPS) is 22.1. The minimum absolute atomic E-state index is 0.0235. The van der Waals surface area contributed by atoms with Crippen LogP contribution < -0.4 is 25.6 Å². The lowest BCUT2D eigenvalue weighted by atomic mass is 9.71. The number of piperazine rings is 1. The Balaban J connectivity index is 0.951. The van der Waals surface area contributed by atoms with Crippen molar-refractivity contribution in [1.29, 1.82) is 0 Å². The van der Waals surface area contributed by atoms with Crippen LogP contribution in [0.1, 0.15) is 51.0 Å². The minimum Gasteiger partial charge on any atom is -0.494 e. The smallest absolute Gasteiger partial charge is 0.269 e. The number of nitro groups is 1. The van der Waals surface area contributed by atoms with Crippen molar-refractivity contribution in [2.45, 2.75) is 52.0 Å². The van der Waals surface area contributed by atoms with Crippen molar-refractivity contribution in [3.63, 3.8) is 0 Å². The van der Waals surface area contributed by atoms with E-state index in [9.17, 15) is 14.9 Å². The van der Waals surface area contributed by atoms with Gasteiger partial charge in [-0.2, -0.15) is 4.98 Å². The Kier molecular flexibility index (Phi) is 11.4. The van der Waals surface area contributed by atoms with Gasteiger partial charge in [-0.05, 0) is 73.6 Å². The molecule has 262 valence electrons. The molecule has 1 amide bonds. The van der Waals surface area contributed by atoms with Crippen molar-refractivity contribution < 1.29 is 14.5 Å². The van der Waals surface area contributed by atoms with Gasteiger partial charge < -0.3 is 25.6 Å². The molecule has 2 bridgehead atoms. The third-order valence-corrected chi connectivity index (χ3v) is 10.8. The van der Waals surface area contributed by atoms with E-state index in [4.69, 9.17) is 16.3 Å². The fourth-order valence-corrected chi connectivity index (χ4v) is 8.07. The predicted octanol–water partition coefficient (Wildman–Crippen LogP) is 6.49. The van der Waals surface area contributed by atoms with E-state index in [0.717, 1.165) is 68.8 Å². The lowest BCUT2D eigenvalue weighted by Gasteiger charge is -2.36. The Morgan fingerprint density at radius 2 is 1.96 bits per heavy atom. The first kappa shape index (κ1) is 34.7. The Labute approximate surface area is 293 Å². The van der Waals surface area contributed by atoms with Crippen LogP contribution in [-0.4, -0.2) is 72.1 Å². The van der Waals surface area contributed by atoms with Gasteiger partial charge in [-0.15, -0.1) is 0 Å². The number of anilines is 4. The van der Waals surface area contributed by atoms with Crippen LogP contribution in [0.15, 0.2) is 48.7 Å². The molecule has 1 aliphatic heterocycles. The summed E-state index contributed by atoms with van der Waals surface area (Å²) < 4.78 is 5.73. The van der Waals surface area contributed by atoms with Crippen molar-refractivity contribution >= 4 is 46.3 Å². The highest BCUT2D eigenvalue weighted by atomic mass is 35.5. The van der Waals surface area contributed by atoms with Crippen LogP contribution >= 0.6 is 11.6 Å². The summed E-state index contributed by atoms with van der Waals surface area (Å²) in [6, 6.07) is 12.4. The van der Waals surface area contributed by atoms with Gasteiger partial charge in [0.05, 0.1) is 23.9 Å². The number of fused-ring (bicyclic) bond motifs is 2. The second kappa shape index (κ2) is 16.0. The largest absolute Gasteiger partial charge is 0.494 e. The molecule has 4 atom stereocenters. The molecular weight excluding hydrogens is 644 g/mol. The maximum atomic E-state index is 12.7. The summed E-state index contributed by atoms with van der Waals surface area (Å²) in [5.41, 5.74) is 2.54. The van der Waals surface area contributed by atoms with Crippen LogP contribution in [0.5, 0.6) is 5.75 Å². The first-order chi connectivity index (χ1) is 23.7. The molecule has 12 nitrogen and oxygen atoms in total. The number of rotatable bonds is 14. The van der Waals surface area contributed by atoms with E-state index in [1.165, 1.54) is 44.0 Å². The van der Waals surface area contributed by atoms with Gasteiger partial charge in [-0.1, -0.05) is 37.1 Å². The zero-order chi connectivity index (χ0) is 34.3. The number of nitrogens with zero attached hydrogens (tertiary/aromatic N) is 5. The van der Waals surface area contributed by atoms with E-state index in [-0.39, 0.29) is 11.6 Å². The standard InChI is InChI=1S/C36H47ClN8O4/c1-24-17-25-7-8-27(18-25)30(24)21-34(46)38-11-4-12-43-13-15-44(16-14-43)28-9-10-32(33(20-28)49-2)41-36-40-23-31(37)35(42-36)39-22-26-5-3-6-29(19-26)45(47)48/h3,5-6,9-10,19-20,23-25,27,30H,4,7-8,11-18,21-22H2,1-2H3,(H,38,46)(H2,39,40,41,42)/t24-,25+,27+,30?/m0/s1. The Hall–Kier alpha value is -4.16. The number of hydrogen-bond donors (Lipinski definition) is 3. The van der Waals surface area contributed by atoms with Gasteiger partial charge in [-0.3, -0.25) is 19.8 Å². The van der Waals surface area contributed by atoms with E-state index in [2.05, 4.69) is 48.7 Å². The molecule has 1 aromatic heterocycles. The molecule has 6 rings (SSSR count). The van der Waals surface area contributed by atoms with E-state index >= 15 is 0 Å². The lowest BCUT2D eigenvalue weighted by Crippen LogP contribution is -2.47. The SMILES string of the molecule is COc1cc(N2CCN(CCCNC(=O)CC3[C@@H]4CC[C@@H](C4)C[C@@H]3C)CC2)ccc1Nc1ncc(Cl)c(NCc2cccc([N+](=O)[O-])c2)n1. The number of amides is 1. The number of carbonyl (C=O) groups excluding carboxylic acids is 1. The predicted molar refractivity (Wildman–Crippen MR) is 193 cm³/mol. The maximum absolute atomic E-state index is 12.7. The molecule has 0 spiro atoms. The van der Waals surface area contributed by atoms with Crippen LogP contribution in [0.4, 0.5) is 28.8 Å². The molecule has 3 N–H and O–H groups in total. The molecule has 2 aliphatic carbocycles. The van der Waals surface area contributed by atoms with Crippen molar-refractivity contribution in [3.05, 3.63) is 69.4 Å². The number of hydrogen-bond acceptors (Lipinski definition) is 10. The van der Waals surface area contributed by atoms with E-state index < -0.39 is 4.92 Å². The third-order valence-electron chi connectivity index (χ3n) is 10.5. The highest BCUT2D eigenvalue weighted by molar-refractivity contribution is 6.32. The number of carbonyl (C=O) groups is 1. The number of benzene rings is 2. The molecule has 1 unspecified atom stereocenters. The highest BCUT2D eigenvalue weighted by Gasteiger charge is 2.40. The molecular formula is C36H47ClN8O4. The van der Waals surface area contributed by atoms with Crippen molar-refractivity contribution in [2.24, 2.45) is 23.7 Å². The molecule has 3 aromatic rings. The number of nitrogens with one attached hydrogen (secondary N) is 3. The van der Waals surface area contributed by atoms with E-state index in [0.29, 0.717) is 53.0 Å². The van der Waals surface area contributed by atoms with Gasteiger partial charge in [0.2, 0.25) is 11.9 Å². The zero-order valence-corrected chi connectivity index (χ0v) is 29.1. The highest BCUT2D eigenvalue weighted by Crippen LogP contribution is 2.49. The number of aromatic nitrogens is 2. The number of halogens is 1. The second-order valence-electron chi connectivity index (χ2n) is 13.7. The average molecular weight is 691 g/mol. The molecule has 2 saturated carbocycles. The summed E-state index contributed by atoms with van der Waals surface area (Å²) in [6.45, 7) is 8.11. The van der Waals surface area contributed by atoms with Gasteiger partial charge in [0.15, 0.2) is 5.82 Å². The summed E-state index contributed by atoms with van der Waals surface area (Å²) in [6.07, 6.45) is 8.50. The number of non-ortho nitro benzene ring substituents is 1. The van der Waals surface area contributed by atoms with Crippen LogP contribution in [-0.2, 0) is 11.3 Å². The van der Waals surface area contributed by atoms with Crippen LogP contribution in [0, 0.1) is 33.8 Å². The first-order valence-corrected chi connectivity index (χ1v) is 17.8. The maximum Gasteiger partial charge on any atom is 0.269 e. The molecule has 49 heavy (non-hydrogen) atoms. The Bertz CT molecular complexity index is 1620. The Morgan fingerprint density at radius 1 is 1.12 bits per heavy atom. The van der Waals surface area contributed by atoms with Gasteiger partial charge in [0.1, 0.15) is 10.8 Å². The third kappa shape index (κ3) is 8.90. The van der Waals surface area contributed by atoms with Crippen molar-refractivity contribution in [1.82, 2.24) is 20.2 Å². The van der Waals surface area contributed by atoms with Gasteiger partial charge in [0, 0.05) is 69.6 Å².